The van der Waals surface area contributed by atoms with Crippen molar-refractivity contribution >= 4 is 11.5 Å². The minimum Gasteiger partial charge on any atom is -0.384 e. The molecular formula is C15H25N3O. The van der Waals surface area contributed by atoms with Crippen molar-refractivity contribution < 1.29 is 4.74 Å². The van der Waals surface area contributed by atoms with Crippen LogP contribution in [0.25, 0.3) is 0 Å². The van der Waals surface area contributed by atoms with Crippen molar-refractivity contribution in [2.75, 3.05) is 37.0 Å². The minimum absolute atomic E-state index is 0.0735. The normalized spacial score (nSPS) is 15.8. The number of hydrogen-bond acceptors (Lipinski definition) is 4. The molecule has 1 N–H and O–H groups in total. The molecule has 0 spiro atoms. The highest BCUT2D eigenvalue weighted by Gasteiger charge is 2.15. The summed E-state index contributed by atoms with van der Waals surface area (Å²) < 4.78 is 5.40. The maximum atomic E-state index is 5.40. The van der Waals surface area contributed by atoms with Crippen LogP contribution in [0, 0.1) is 0 Å². The summed E-state index contributed by atoms with van der Waals surface area (Å²) in [6, 6.07) is 4.22. The lowest BCUT2D eigenvalue weighted by atomic mass is 10.1. The largest absolute Gasteiger partial charge is 0.384 e. The second kappa shape index (κ2) is 6.24. The summed E-state index contributed by atoms with van der Waals surface area (Å²) in [4.78, 5) is 6.87. The molecule has 0 aromatic carbocycles. The number of pyridine rings is 1. The van der Waals surface area contributed by atoms with Gasteiger partial charge in [0.15, 0.2) is 0 Å². The van der Waals surface area contributed by atoms with Gasteiger partial charge in [-0.2, -0.15) is 0 Å². The second-order valence-electron chi connectivity index (χ2n) is 5.74. The number of ether oxygens (including phenoxy) is 1. The van der Waals surface area contributed by atoms with Crippen molar-refractivity contribution in [1.82, 2.24) is 4.98 Å². The molecule has 0 atom stereocenters. The molecular weight excluding hydrogens is 238 g/mol. The van der Waals surface area contributed by atoms with Crippen molar-refractivity contribution in [3.63, 3.8) is 0 Å². The van der Waals surface area contributed by atoms with Gasteiger partial charge in [-0.25, -0.2) is 4.98 Å². The zero-order valence-electron chi connectivity index (χ0n) is 12.3. The molecule has 1 aromatic heterocycles. The highest BCUT2D eigenvalue weighted by atomic mass is 16.5. The van der Waals surface area contributed by atoms with Gasteiger partial charge >= 0.3 is 0 Å². The van der Waals surface area contributed by atoms with E-state index >= 15 is 0 Å². The number of anilines is 2. The molecule has 1 aliphatic rings. The van der Waals surface area contributed by atoms with Gasteiger partial charge in [0.1, 0.15) is 5.82 Å². The molecule has 1 fully saturated rings. The Morgan fingerprint density at radius 1 is 1.32 bits per heavy atom. The van der Waals surface area contributed by atoms with Crippen LogP contribution in [0.2, 0.25) is 0 Å². The fourth-order valence-electron chi connectivity index (χ4n) is 2.23. The quantitative estimate of drug-likeness (QED) is 0.856. The predicted octanol–water partition coefficient (Wildman–Crippen LogP) is 2.91. The Labute approximate surface area is 116 Å². The number of rotatable bonds is 6. The molecule has 0 amide bonds. The van der Waals surface area contributed by atoms with E-state index in [4.69, 9.17) is 4.74 Å². The molecule has 1 aliphatic heterocycles. The summed E-state index contributed by atoms with van der Waals surface area (Å²) in [5.41, 5.74) is 1.01. The first-order chi connectivity index (χ1) is 9.11. The van der Waals surface area contributed by atoms with E-state index in [1.807, 2.05) is 6.20 Å². The van der Waals surface area contributed by atoms with E-state index in [9.17, 15) is 0 Å². The van der Waals surface area contributed by atoms with Crippen LogP contribution in [0.3, 0.4) is 0 Å². The Hall–Kier alpha value is -1.29. The molecule has 4 nitrogen and oxygen atoms in total. The maximum absolute atomic E-state index is 5.40. The molecule has 19 heavy (non-hydrogen) atoms. The van der Waals surface area contributed by atoms with Crippen LogP contribution in [-0.4, -0.2) is 37.3 Å². The van der Waals surface area contributed by atoms with E-state index in [1.54, 1.807) is 7.11 Å². The Bertz CT molecular complexity index is 383. The SMILES string of the molecule is COC(C)(C)CCNc1ccc(N2CCCC2)nc1. The number of nitrogens with one attached hydrogen (secondary N) is 1. The van der Waals surface area contributed by atoms with E-state index in [1.165, 1.54) is 12.8 Å². The Morgan fingerprint density at radius 2 is 2.05 bits per heavy atom. The molecule has 0 bridgehead atoms. The van der Waals surface area contributed by atoms with Crippen molar-refractivity contribution in [3.8, 4) is 0 Å². The van der Waals surface area contributed by atoms with Crippen molar-refractivity contribution in [2.45, 2.75) is 38.7 Å². The van der Waals surface area contributed by atoms with Crippen LogP contribution in [0.15, 0.2) is 18.3 Å². The lowest BCUT2D eigenvalue weighted by molar-refractivity contribution is 0.0185. The number of methoxy groups -OCH3 is 1. The predicted molar refractivity (Wildman–Crippen MR) is 79.9 cm³/mol. The second-order valence-corrected chi connectivity index (χ2v) is 5.74. The van der Waals surface area contributed by atoms with Gasteiger partial charge in [-0.05, 0) is 45.2 Å². The van der Waals surface area contributed by atoms with Gasteiger partial charge in [0, 0.05) is 26.7 Å². The standard InChI is InChI=1S/C15H25N3O/c1-15(2,19-3)8-9-16-13-6-7-14(17-12-13)18-10-4-5-11-18/h6-7,12,16H,4-5,8-11H2,1-3H3. The van der Waals surface area contributed by atoms with Gasteiger partial charge < -0.3 is 15.0 Å². The molecule has 0 radical (unpaired) electrons. The summed E-state index contributed by atoms with van der Waals surface area (Å²) >= 11 is 0. The fourth-order valence-corrected chi connectivity index (χ4v) is 2.23. The van der Waals surface area contributed by atoms with Crippen LogP contribution >= 0.6 is 0 Å². The van der Waals surface area contributed by atoms with Gasteiger partial charge in [-0.3, -0.25) is 0 Å². The first-order valence-corrected chi connectivity index (χ1v) is 7.11. The third-order valence-corrected chi connectivity index (χ3v) is 3.79. The van der Waals surface area contributed by atoms with Gasteiger partial charge in [0.25, 0.3) is 0 Å². The summed E-state index contributed by atoms with van der Waals surface area (Å²) in [6.07, 6.45) is 5.46. The molecule has 0 saturated carbocycles. The number of hydrogen-bond donors (Lipinski definition) is 1. The molecule has 4 heteroatoms. The fraction of sp³-hybridized carbons (Fsp3) is 0.667. The van der Waals surface area contributed by atoms with Crippen molar-refractivity contribution in [1.29, 1.82) is 0 Å². The minimum atomic E-state index is -0.0735. The molecule has 2 heterocycles. The average Bonchev–Trinajstić information content (AvgIpc) is 2.93. The molecule has 0 unspecified atom stereocenters. The monoisotopic (exact) mass is 263 g/mol. The Morgan fingerprint density at radius 3 is 2.63 bits per heavy atom. The van der Waals surface area contributed by atoms with Crippen molar-refractivity contribution in [2.24, 2.45) is 0 Å². The summed E-state index contributed by atoms with van der Waals surface area (Å²) in [7, 11) is 1.76. The first kappa shape index (κ1) is 14.1. The number of aromatic nitrogens is 1. The van der Waals surface area contributed by atoms with E-state index in [0.717, 1.165) is 37.6 Å². The van der Waals surface area contributed by atoms with E-state index in [0.29, 0.717) is 0 Å². The van der Waals surface area contributed by atoms with Crippen LogP contribution in [0.4, 0.5) is 11.5 Å². The Kier molecular flexibility index (Phi) is 4.64. The highest BCUT2D eigenvalue weighted by molar-refractivity contribution is 5.48. The molecule has 2 rings (SSSR count). The average molecular weight is 263 g/mol. The summed E-state index contributed by atoms with van der Waals surface area (Å²) in [6.45, 7) is 7.38. The summed E-state index contributed by atoms with van der Waals surface area (Å²) in [5.74, 6) is 1.10. The first-order valence-electron chi connectivity index (χ1n) is 7.11. The Balaban J connectivity index is 1.81. The summed E-state index contributed by atoms with van der Waals surface area (Å²) in [5, 5.41) is 3.39. The zero-order valence-corrected chi connectivity index (χ0v) is 12.3. The van der Waals surface area contributed by atoms with E-state index in [-0.39, 0.29) is 5.60 Å². The molecule has 106 valence electrons. The molecule has 1 aromatic rings. The molecule has 1 saturated heterocycles. The van der Waals surface area contributed by atoms with Gasteiger partial charge in [0.05, 0.1) is 17.5 Å². The van der Waals surface area contributed by atoms with Gasteiger partial charge in [-0.15, -0.1) is 0 Å². The van der Waals surface area contributed by atoms with Gasteiger partial charge in [0.2, 0.25) is 0 Å². The number of nitrogens with zero attached hydrogens (tertiary/aromatic N) is 2. The smallest absolute Gasteiger partial charge is 0.128 e. The van der Waals surface area contributed by atoms with Crippen LogP contribution in [0.5, 0.6) is 0 Å². The highest BCUT2D eigenvalue weighted by Crippen LogP contribution is 2.19. The van der Waals surface area contributed by atoms with E-state index in [2.05, 4.69) is 41.2 Å². The third-order valence-electron chi connectivity index (χ3n) is 3.79. The van der Waals surface area contributed by atoms with E-state index < -0.39 is 0 Å². The zero-order chi connectivity index (χ0) is 13.7. The lowest BCUT2D eigenvalue weighted by Gasteiger charge is -2.23. The maximum Gasteiger partial charge on any atom is 0.128 e. The van der Waals surface area contributed by atoms with Gasteiger partial charge in [-0.1, -0.05) is 0 Å². The lowest BCUT2D eigenvalue weighted by Crippen LogP contribution is -2.25. The van der Waals surface area contributed by atoms with Crippen LogP contribution in [0.1, 0.15) is 33.1 Å². The third kappa shape index (κ3) is 4.10. The topological polar surface area (TPSA) is 37.4 Å². The van der Waals surface area contributed by atoms with Crippen LogP contribution in [-0.2, 0) is 4.74 Å². The molecule has 0 aliphatic carbocycles. The van der Waals surface area contributed by atoms with Crippen molar-refractivity contribution in [3.05, 3.63) is 18.3 Å². The van der Waals surface area contributed by atoms with Crippen LogP contribution < -0.4 is 10.2 Å².